The molecule has 0 bridgehead atoms. The van der Waals surface area contributed by atoms with E-state index in [4.69, 9.17) is 4.74 Å². The van der Waals surface area contributed by atoms with Gasteiger partial charge in [0, 0.05) is 6.42 Å². The van der Waals surface area contributed by atoms with Gasteiger partial charge in [0.25, 0.3) is 0 Å². The molecule has 3 N–H and O–H groups in total. The summed E-state index contributed by atoms with van der Waals surface area (Å²) in [6.45, 7) is 6.40. The molecule has 6 heteroatoms. The Morgan fingerprint density at radius 3 is 1.14 bits per heavy atom. The predicted molar refractivity (Wildman–Crippen MR) is 305 cm³/mol. The lowest BCUT2D eigenvalue weighted by molar-refractivity contribution is -0.151. The van der Waals surface area contributed by atoms with Gasteiger partial charge in [0.15, 0.2) is 0 Å². The molecule has 0 spiro atoms. The average molecular weight is 981 g/mol. The molecule has 1 amide bonds. The largest absolute Gasteiger partial charge is 0.462 e. The molecule has 0 rings (SSSR count). The molecular formula is C64H117NO5. The average Bonchev–Trinajstić information content (AvgIpc) is 3.35. The molecule has 6 nitrogen and oxygen atoms in total. The lowest BCUT2D eigenvalue weighted by Gasteiger charge is -2.24. The monoisotopic (exact) mass is 980 g/mol. The van der Waals surface area contributed by atoms with Gasteiger partial charge in [-0.05, 0) is 64.2 Å². The number of carbonyl (C=O) groups is 2. The maximum absolute atomic E-state index is 13.3. The minimum absolute atomic E-state index is 0.0405. The van der Waals surface area contributed by atoms with Crippen LogP contribution in [0.5, 0.6) is 0 Å². The van der Waals surface area contributed by atoms with Crippen LogP contribution in [0.25, 0.3) is 0 Å². The second-order valence-corrected chi connectivity index (χ2v) is 20.7. The van der Waals surface area contributed by atoms with Crippen molar-refractivity contribution < 1.29 is 24.5 Å². The fourth-order valence-corrected chi connectivity index (χ4v) is 9.29. The maximum atomic E-state index is 13.3. The van der Waals surface area contributed by atoms with Crippen LogP contribution in [-0.4, -0.2) is 46.9 Å². The van der Waals surface area contributed by atoms with E-state index < -0.39 is 18.2 Å². The summed E-state index contributed by atoms with van der Waals surface area (Å²) in [6, 6.07) is -0.721. The Labute approximate surface area is 435 Å². The van der Waals surface area contributed by atoms with Crippen LogP contribution in [0, 0.1) is 0 Å². The molecule has 0 heterocycles. The van der Waals surface area contributed by atoms with E-state index in [1.807, 2.05) is 0 Å². The molecule has 0 aliphatic rings. The molecule has 408 valence electrons. The number of nitrogens with one attached hydrogen (secondary N) is 1. The van der Waals surface area contributed by atoms with Crippen LogP contribution < -0.4 is 5.32 Å². The third kappa shape index (κ3) is 51.9. The summed E-state index contributed by atoms with van der Waals surface area (Å²) in [5.41, 5.74) is 0. The van der Waals surface area contributed by atoms with Crippen molar-refractivity contribution in [3.8, 4) is 0 Å². The van der Waals surface area contributed by atoms with Crippen LogP contribution in [0.3, 0.4) is 0 Å². The summed E-state index contributed by atoms with van der Waals surface area (Å²) in [5, 5.41) is 23.9. The minimum Gasteiger partial charge on any atom is -0.462 e. The summed E-state index contributed by atoms with van der Waals surface area (Å²) >= 11 is 0. The summed E-state index contributed by atoms with van der Waals surface area (Å²) < 4.78 is 5.95. The second-order valence-electron chi connectivity index (χ2n) is 20.7. The molecule has 0 aromatic rings. The SMILES string of the molecule is CC/C=C\C/C=C\C/C=C\C/C=C\C/C=C\CCCC(CC(=O)NC(CO)C(O)CCCCCCCCCCCCCCCCCC)OC(=O)CCCCCCCCCCCCCCCCCCCC. The van der Waals surface area contributed by atoms with Crippen molar-refractivity contribution in [2.24, 2.45) is 0 Å². The number of aliphatic hydroxyl groups excluding tert-OH is 2. The second kappa shape index (κ2) is 57.5. The number of ether oxygens (including phenoxy) is 1. The molecule has 0 aliphatic heterocycles. The Balaban J connectivity index is 4.61. The van der Waals surface area contributed by atoms with Crippen molar-refractivity contribution >= 4 is 11.9 Å². The molecule has 3 unspecified atom stereocenters. The van der Waals surface area contributed by atoms with Crippen LogP contribution in [0.15, 0.2) is 60.8 Å². The van der Waals surface area contributed by atoms with Gasteiger partial charge in [-0.3, -0.25) is 9.59 Å². The van der Waals surface area contributed by atoms with Gasteiger partial charge in [-0.15, -0.1) is 0 Å². The summed E-state index contributed by atoms with van der Waals surface area (Å²) in [6.07, 6.45) is 73.0. The lowest BCUT2D eigenvalue weighted by Crippen LogP contribution is -2.46. The summed E-state index contributed by atoms with van der Waals surface area (Å²) in [7, 11) is 0. The van der Waals surface area contributed by atoms with Gasteiger partial charge in [0.2, 0.25) is 5.91 Å². The van der Waals surface area contributed by atoms with Gasteiger partial charge in [-0.25, -0.2) is 0 Å². The van der Waals surface area contributed by atoms with Crippen LogP contribution in [-0.2, 0) is 14.3 Å². The molecule has 70 heavy (non-hydrogen) atoms. The van der Waals surface area contributed by atoms with E-state index in [0.717, 1.165) is 83.5 Å². The lowest BCUT2D eigenvalue weighted by atomic mass is 10.0. The van der Waals surface area contributed by atoms with E-state index in [9.17, 15) is 19.8 Å². The number of carbonyl (C=O) groups excluding carboxylic acids is 2. The molecular weight excluding hydrogens is 863 g/mol. The topological polar surface area (TPSA) is 95.9 Å². The number of esters is 1. The molecule has 0 saturated carbocycles. The zero-order valence-corrected chi connectivity index (χ0v) is 46.7. The van der Waals surface area contributed by atoms with E-state index >= 15 is 0 Å². The Morgan fingerprint density at radius 2 is 0.771 bits per heavy atom. The first-order valence-electron chi connectivity index (χ1n) is 30.5. The molecule has 0 aliphatic carbocycles. The van der Waals surface area contributed by atoms with Gasteiger partial charge in [0.1, 0.15) is 6.10 Å². The van der Waals surface area contributed by atoms with E-state index in [0.29, 0.717) is 19.3 Å². The highest BCUT2D eigenvalue weighted by molar-refractivity contribution is 5.77. The van der Waals surface area contributed by atoms with Gasteiger partial charge in [0.05, 0.1) is 25.2 Å². The predicted octanol–water partition coefficient (Wildman–Crippen LogP) is 19.1. The van der Waals surface area contributed by atoms with Crippen molar-refractivity contribution in [1.82, 2.24) is 5.32 Å². The Kier molecular flexibility index (Phi) is 55.5. The van der Waals surface area contributed by atoms with Crippen LogP contribution >= 0.6 is 0 Å². The fraction of sp³-hybridized carbons (Fsp3) is 0.812. The normalized spacial score (nSPS) is 13.5. The zero-order valence-electron chi connectivity index (χ0n) is 46.7. The molecule has 0 aromatic carbocycles. The standard InChI is InChI=1S/C64H117NO5/c1-4-7-10-13-16-19-22-25-28-31-33-36-39-42-45-48-51-54-57-64(69)70-60(55-52-49-46-43-40-37-34-32-29-26-23-20-17-14-11-8-5-2)58-63(68)65-61(59-66)62(67)56-53-50-47-44-41-38-35-30-27-24-21-18-15-12-9-6-3/h8,11,17,20,26,29,34,37,43,46,60-62,66-67H,4-7,9-10,12-16,18-19,21-25,27-28,30-33,35-36,38-42,44-45,47-59H2,1-3H3,(H,65,68)/b11-8-,20-17-,29-26-,37-34-,46-43-. The highest BCUT2D eigenvalue weighted by Gasteiger charge is 2.24. The smallest absolute Gasteiger partial charge is 0.306 e. The third-order valence-corrected chi connectivity index (χ3v) is 13.9. The Morgan fingerprint density at radius 1 is 0.429 bits per heavy atom. The van der Waals surface area contributed by atoms with Crippen molar-refractivity contribution in [2.45, 2.75) is 328 Å². The summed E-state index contributed by atoms with van der Waals surface area (Å²) in [4.78, 5) is 26.3. The first kappa shape index (κ1) is 67.6. The zero-order chi connectivity index (χ0) is 50.9. The van der Waals surface area contributed by atoms with Crippen molar-refractivity contribution in [3.05, 3.63) is 60.8 Å². The Hall–Kier alpha value is -2.44. The van der Waals surface area contributed by atoms with Crippen LogP contribution in [0.4, 0.5) is 0 Å². The van der Waals surface area contributed by atoms with Crippen molar-refractivity contribution in [3.63, 3.8) is 0 Å². The van der Waals surface area contributed by atoms with Crippen molar-refractivity contribution in [2.75, 3.05) is 6.61 Å². The highest BCUT2D eigenvalue weighted by atomic mass is 16.5. The maximum Gasteiger partial charge on any atom is 0.306 e. The number of aliphatic hydroxyl groups is 2. The summed E-state index contributed by atoms with van der Waals surface area (Å²) in [5.74, 6) is -0.516. The van der Waals surface area contributed by atoms with E-state index in [1.165, 1.54) is 180 Å². The number of unbranched alkanes of at least 4 members (excludes halogenated alkanes) is 33. The van der Waals surface area contributed by atoms with E-state index in [1.54, 1.807) is 0 Å². The number of amides is 1. The number of hydrogen-bond donors (Lipinski definition) is 3. The van der Waals surface area contributed by atoms with Gasteiger partial charge < -0.3 is 20.3 Å². The van der Waals surface area contributed by atoms with Gasteiger partial charge in [-0.1, -0.05) is 293 Å². The number of rotatable bonds is 55. The van der Waals surface area contributed by atoms with Crippen LogP contribution in [0.1, 0.15) is 310 Å². The quantitative estimate of drug-likeness (QED) is 0.0321. The first-order valence-corrected chi connectivity index (χ1v) is 30.5. The molecule has 0 aromatic heterocycles. The Bertz CT molecular complexity index is 1240. The number of hydrogen-bond acceptors (Lipinski definition) is 5. The molecule has 0 radical (unpaired) electrons. The first-order chi connectivity index (χ1) is 34.5. The van der Waals surface area contributed by atoms with Gasteiger partial charge in [-0.2, -0.15) is 0 Å². The molecule has 0 saturated heterocycles. The number of allylic oxidation sites excluding steroid dienone is 10. The minimum atomic E-state index is -0.804. The molecule has 0 fully saturated rings. The molecule has 3 atom stereocenters. The highest BCUT2D eigenvalue weighted by Crippen LogP contribution is 2.18. The fourth-order valence-electron chi connectivity index (χ4n) is 9.29. The van der Waals surface area contributed by atoms with Gasteiger partial charge >= 0.3 is 5.97 Å². The van der Waals surface area contributed by atoms with E-state index in [2.05, 4.69) is 86.8 Å². The van der Waals surface area contributed by atoms with Crippen molar-refractivity contribution in [1.29, 1.82) is 0 Å². The van der Waals surface area contributed by atoms with E-state index in [-0.39, 0.29) is 24.9 Å². The van der Waals surface area contributed by atoms with Crippen LogP contribution in [0.2, 0.25) is 0 Å². The third-order valence-electron chi connectivity index (χ3n) is 13.9.